The quantitative estimate of drug-likeness (QED) is 0.868. The summed E-state index contributed by atoms with van der Waals surface area (Å²) in [5.41, 5.74) is 1.28. The van der Waals surface area contributed by atoms with E-state index in [0.29, 0.717) is 10.6 Å². The van der Waals surface area contributed by atoms with Gasteiger partial charge in [0.05, 0.1) is 11.9 Å². The molecule has 0 unspecified atom stereocenters. The smallest absolute Gasteiger partial charge is 0.253 e. The number of aryl methyl sites for hydroxylation is 1. The highest BCUT2D eigenvalue weighted by molar-refractivity contribution is 7.89. The first-order valence-corrected chi connectivity index (χ1v) is 9.24. The van der Waals surface area contributed by atoms with Crippen LogP contribution in [0.25, 0.3) is 0 Å². The van der Waals surface area contributed by atoms with E-state index in [-0.39, 0.29) is 24.7 Å². The number of aliphatic hydroxyl groups excluding tert-OH is 1. The maximum Gasteiger partial charge on any atom is 0.253 e. The van der Waals surface area contributed by atoms with Crippen LogP contribution < -0.4 is 0 Å². The largest absolute Gasteiger partial charge is 0.391 e. The lowest BCUT2D eigenvalue weighted by Gasteiger charge is -2.18. The number of carbonyl (C=O) groups excluding carboxylic acids is 1. The van der Waals surface area contributed by atoms with Crippen molar-refractivity contribution in [1.82, 2.24) is 9.21 Å². The van der Waals surface area contributed by atoms with Gasteiger partial charge in [0.2, 0.25) is 10.0 Å². The van der Waals surface area contributed by atoms with Crippen molar-refractivity contribution in [3.63, 3.8) is 0 Å². The predicted molar refractivity (Wildman–Crippen MR) is 89.1 cm³/mol. The molecule has 2 rings (SSSR count). The minimum Gasteiger partial charge on any atom is -0.391 e. The van der Waals surface area contributed by atoms with Crippen molar-refractivity contribution < 1.29 is 18.3 Å². The van der Waals surface area contributed by atoms with Gasteiger partial charge < -0.3 is 10.0 Å². The fraction of sp³-hybridized carbons (Fsp3) is 0.533. The third kappa shape index (κ3) is 4.03. The molecule has 0 aliphatic carbocycles. The SMILES string of the molecule is Cc1cc(C(=O)N2C[C@@H](CS(=O)(=O)N(C)C)[C@@H](O)C2)ccc1Cl. The van der Waals surface area contributed by atoms with E-state index in [0.717, 1.165) is 9.87 Å². The van der Waals surface area contributed by atoms with E-state index in [1.807, 2.05) is 6.92 Å². The molecule has 0 saturated carbocycles. The highest BCUT2D eigenvalue weighted by Gasteiger charge is 2.37. The Morgan fingerprint density at radius 1 is 1.39 bits per heavy atom. The van der Waals surface area contributed by atoms with E-state index in [9.17, 15) is 18.3 Å². The third-order valence-corrected chi connectivity index (χ3v) is 6.47. The standard InChI is InChI=1S/C15H21ClN2O4S/c1-10-6-11(4-5-13(10)16)15(20)18-7-12(14(19)8-18)9-23(21,22)17(2)3/h4-6,12,14,19H,7-9H2,1-3H3/t12-,14-/m0/s1. The van der Waals surface area contributed by atoms with E-state index >= 15 is 0 Å². The van der Waals surface area contributed by atoms with Crippen molar-refractivity contribution in [1.29, 1.82) is 0 Å². The molecule has 0 spiro atoms. The van der Waals surface area contributed by atoms with Gasteiger partial charge in [-0.15, -0.1) is 0 Å². The Bertz CT molecular complexity index is 705. The van der Waals surface area contributed by atoms with Gasteiger partial charge in [0, 0.05) is 43.7 Å². The molecule has 0 radical (unpaired) electrons. The number of nitrogens with zero attached hydrogens (tertiary/aromatic N) is 2. The van der Waals surface area contributed by atoms with Gasteiger partial charge in [0.25, 0.3) is 5.91 Å². The van der Waals surface area contributed by atoms with Gasteiger partial charge in [-0.25, -0.2) is 12.7 Å². The molecule has 1 aromatic rings. The number of halogens is 1. The summed E-state index contributed by atoms with van der Waals surface area (Å²) in [5.74, 6) is -0.891. The Balaban J connectivity index is 2.11. The summed E-state index contributed by atoms with van der Waals surface area (Å²) < 4.78 is 25.0. The minimum atomic E-state index is -3.42. The van der Waals surface area contributed by atoms with Crippen LogP contribution in [0.3, 0.4) is 0 Å². The van der Waals surface area contributed by atoms with Gasteiger partial charge in [0.15, 0.2) is 0 Å². The van der Waals surface area contributed by atoms with Crippen LogP contribution in [0.4, 0.5) is 0 Å². The molecule has 128 valence electrons. The molecule has 1 amide bonds. The summed E-state index contributed by atoms with van der Waals surface area (Å²) in [5, 5.41) is 10.7. The van der Waals surface area contributed by atoms with Crippen LogP contribution in [0.2, 0.25) is 5.02 Å². The van der Waals surface area contributed by atoms with Gasteiger partial charge in [-0.05, 0) is 30.7 Å². The van der Waals surface area contributed by atoms with Crippen LogP contribution in [0.15, 0.2) is 18.2 Å². The molecule has 1 heterocycles. The second-order valence-electron chi connectivity index (χ2n) is 6.06. The highest BCUT2D eigenvalue weighted by atomic mass is 35.5. The van der Waals surface area contributed by atoms with Gasteiger partial charge >= 0.3 is 0 Å². The van der Waals surface area contributed by atoms with E-state index in [1.165, 1.54) is 19.0 Å². The number of likely N-dealkylation sites (tertiary alicyclic amines) is 1. The molecule has 6 nitrogen and oxygen atoms in total. The Kier molecular flexibility index (Phi) is 5.35. The van der Waals surface area contributed by atoms with E-state index < -0.39 is 22.0 Å². The maximum absolute atomic E-state index is 12.5. The molecule has 1 fully saturated rings. The van der Waals surface area contributed by atoms with Crippen molar-refractivity contribution in [2.24, 2.45) is 5.92 Å². The van der Waals surface area contributed by atoms with E-state index in [1.54, 1.807) is 18.2 Å². The van der Waals surface area contributed by atoms with E-state index in [4.69, 9.17) is 11.6 Å². The Labute approximate surface area is 141 Å². The lowest BCUT2D eigenvalue weighted by Crippen LogP contribution is -2.33. The number of β-amino-alcohol motifs (C(OH)–C–C–N with tert-alkyl or cyclic N) is 1. The summed E-state index contributed by atoms with van der Waals surface area (Å²) in [4.78, 5) is 14.0. The monoisotopic (exact) mass is 360 g/mol. The summed E-state index contributed by atoms with van der Waals surface area (Å²) in [6.07, 6.45) is -0.845. The van der Waals surface area contributed by atoms with Crippen molar-refractivity contribution in [2.75, 3.05) is 32.9 Å². The van der Waals surface area contributed by atoms with Crippen LogP contribution >= 0.6 is 11.6 Å². The van der Waals surface area contributed by atoms with Crippen molar-refractivity contribution in [3.8, 4) is 0 Å². The second-order valence-corrected chi connectivity index (χ2v) is 8.70. The Hall–Kier alpha value is -1.15. The lowest BCUT2D eigenvalue weighted by atomic mass is 10.1. The highest BCUT2D eigenvalue weighted by Crippen LogP contribution is 2.23. The molecular weight excluding hydrogens is 340 g/mol. The molecule has 1 N–H and O–H groups in total. The summed E-state index contributed by atoms with van der Waals surface area (Å²) in [6, 6.07) is 4.99. The average Bonchev–Trinajstić information content (AvgIpc) is 2.81. The Morgan fingerprint density at radius 3 is 2.61 bits per heavy atom. The van der Waals surface area contributed by atoms with Crippen LogP contribution in [0.5, 0.6) is 0 Å². The fourth-order valence-electron chi connectivity index (χ4n) is 2.56. The number of sulfonamides is 1. The molecule has 8 heteroatoms. The second kappa shape index (κ2) is 6.76. The first kappa shape index (κ1) is 18.2. The summed E-state index contributed by atoms with van der Waals surface area (Å²) in [7, 11) is -0.514. The number of hydrogen-bond acceptors (Lipinski definition) is 4. The van der Waals surface area contributed by atoms with Crippen LogP contribution in [0, 0.1) is 12.8 Å². The molecule has 0 bridgehead atoms. The zero-order valence-corrected chi connectivity index (χ0v) is 14.9. The topological polar surface area (TPSA) is 77.9 Å². The predicted octanol–water partition coefficient (Wildman–Crippen LogP) is 0.973. The average molecular weight is 361 g/mol. The molecule has 2 atom stereocenters. The number of hydrogen-bond donors (Lipinski definition) is 1. The number of amides is 1. The Morgan fingerprint density at radius 2 is 2.04 bits per heavy atom. The molecule has 23 heavy (non-hydrogen) atoms. The van der Waals surface area contributed by atoms with Gasteiger partial charge in [-0.1, -0.05) is 11.6 Å². The van der Waals surface area contributed by atoms with E-state index in [2.05, 4.69) is 0 Å². The molecule has 1 aromatic carbocycles. The number of benzene rings is 1. The number of rotatable bonds is 4. The van der Waals surface area contributed by atoms with Crippen molar-refractivity contribution in [2.45, 2.75) is 13.0 Å². The zero-order chi connectivity index (χ0) is 17.4. The van der Waals surface area contributed by atoms with Crippen molar-refractivity contribution in [3.05, 3.63) is 34.3 Å². The van der Waals surface area contributed by atoms with Crippen LogP contribution in [0.1, 0.15) is 15.9 Å². The normalized spacial score (nSPS) is 21.9. The maximum atomic E-state index is 12.5. The molecule has 1 aliphatic heterocycles. The fourth-order valence-corrected chi connectivity index (χ4v) is 3.85. The summed E-state index contributed by atoms with van der Waals surface area (Å²) >= 11 is 5.96. The summed E-state index contributed by atoms with van der Waals surface area (Å²) in [6.45, 7) is 2.16. The molecular formula is C15H21ClN2O4S. The molecule has 1 saturated heterocycles. The van der Waals surface area contributed by atoms with Crippen LogP contribution in [-0.4, -0.2) is 67.7 Å². The van der Waals surface area contributed by atoms with Gasteiger partial charge in [-0.2, -0.15) is 0 Å². The molecule has 1 aliphatic rings. The zero-order valence-electron chi connectivity index (χ0n) is 13.4. The van der Waals surface area contributed by atoms with Crippen LogP contribution in [-0.2, 0) is 10.0 Å². The third-order valence-electron chi connectivity index (χ3n) is 4.08. The lowest BCUT2D eigenvalue weighted by molar-refractivity contribution is 0.0764. The first-order valence-electron chi connectivity index (χ1n) is 7.25. The van der Waals surface area contributed by atoms with Gasteiger partial charge in [-0.3, -0.25) is 4.79 Å². The number of carbonyl (C=O) groups is 1. The van der Waals surface area contributed by atoms with Crippen molar-refractivity contribution >= 4 is 27.5 Å². The van der Waals surface area contributed by atoms with Gasteiger partial charge in [0.1, 0.15) is 0 Å². The molecule has 0 aromatic heterocycles. The number of aliphatic hydroxyl groups is 1. The first-order chi connectivity index (χ1) is 10.6. The minimum absolute atomic E-state index is 0.133.